The molecule has 1 aromatic carbocycles. The first kappa shape index (κ1) is 20.2. The van der Waals surface area contributed by atoms with Crippen molar-refractivity contribution in [2.45, 2.75) is 38.1 Å². The van der Waals surface area contributed by atoms with Crippen LogP contribution in [0.3, 0.4) is 0 Å². The maximum absolute atomic E-state index is 12.4. The minimum Gasteiger partial charge on any atom is -0.389 e. The fourth-order valence-corrected chi connectivity index (χ4v) is 5.19. The van der Waals surface area contributed by atoms with Gasteiger partial charge in [0, 0.05) is 19.5 Å². The number of hydrogen-bond acceptors (Lipinski definition) is 7. The van der Waals surface area contributed by atoms with Crippen molar-refractivity contribution in [1.82, 2.24) is 24.8 Å². The lowest BCUT2D eigenvalue weighted by molar-refractivity contribution is -0.132. The minimum absolute atomic E-state index is 0.0439. The van der Waals surface area contributed by atoms with Crippen LogP contribution in [0.5, 0.6) is 0 Å². The molecular formula is C21H23ClN6O3. The first-order valence-electron chi connectivity index (χ1n) is 10.1. The molecule has 3 aromatic rings. The van der Waals surface area contributed by atoms with E-state index in [9.17, 15) is 15.0 Å². The van der Waals surface area contributed by atoms with Gasteiger partial charge >= 0.3 is 0 Å². The zero-order chi connectivity index (χ0) is 21.9. The molecule has 31 heavy (non-hydrogen) atoms. The predicted octanol–water partition coefficient (Wildman–Crippen LogP) is 1.43. The number of fused-ring (bicyclic) bond motifs is 2. The second-order valence-corrected chi connectivity index (χ2v) is 8.70. The van der Waals surface area contributed by atoms with Gasteiger partial charge in [-0.3, -0.25) is 4.79 Å². The van der Waals surface area contributed by atoms with Crippen molar-refractivity contribution >= 4 is 34.5 Å². The van der Waals surface area contributed by atoms with Crippen LogP contribution in [0.2, 0.25) is 5.28 Å². The highest BCUT2D eigenvalue weighted by molar-refractivity contribution is 6.28. The first-order valence-corrected chi connectivity index (χ1v) is 10.5. The van der Waals surface area contributed by atoms with Crippen molar-refractivity contribution in [2.75, 3.05) is 12.4 Å². The quantitative estimate of drug-likeness (QED) is 0.440. The Bertz CT molecular complexity index is 1180. The van der Waals surface area contributed by atoms with E-state index in [0.29, 0.717) is 29.9 Å². The first-order chi connectivity index (χ1) is 14.9. The maximum atomic E-state index is 12.4. The highest BCUT2D eigenvalue weighted by Crippen LogP contribution is 2.67. The van der Waals surface area contributed by atoms with E-state index < -0.39 is 23.7 Å². The number of nitrogens with zero attached hydrogens (tertiary/aromatic N) is 4. The third-order valence-electron chi connectivity index (χ3n) is 6.58. The van der Waals surface area contributed by atoms with Gasteiger partial charge in [0.05, 0.1) is 23.9 Å². The summed E-state index contributed by atoms with van der Waals surface area (Å²) in [6, 6.07) is 7.58. The van der Waals surface area contributed by atoms with Crippen molar-refractivity contribution < 1.29 is 15.0 Å². The summed E-state index contributed by atoms with van der Waals surface area (Å²) in [7, 11) is 1.53. The third-order valence-corrected chi connectivity index (χ3v) is 6.75. The SMILES string of the molecule is CNC(=O)[C@@]12C[C@@H]1[C@H](n1cnc3c(NCc4cccc(C)c4)nc(Cl)nc31)[C@H](O)[C@@H]2O. The molecule has 2 aromatic heterocycles. The van der Waals surface area contributed by atoms with Gasteiger partial charge in [0.25, 0.3) is 0 Å². The molecule has 2 aliphatic carbocycles. The van der Waals surface area contributed by atoms with Crippen LogP contribution in [0.25, 0.3) is 11.2 Å². The molecule has 0 aliphatic heterocycles. The van der Waals surface area contributed by atoms with Gasteiger partial charge in [-0.2, -0.15) is 9.97 Å². The zero-order valence-electron chi connectivity index (χ0n) is 17.1. The molecule has 0 radical (unpaired) electrons. The van der Waals surface area contributed by atoms with Gasteiger partial charge in [0.2, 0.25) is 11.2 Å². The molecule has 0 spiro atoms. The number of imidazole rings is 1. The Morgan fingerprint density at radius 2 is 2.16 bits per heavy atom. The summed E-state index contributed by atoms with van der Waals surface area (Å²) >= 11 is 6.20. The number of rotatable bonds is 5. The molecule has 5 rings (SSSR count). The Morgan fingerprint density at radius 1 is 1.35 bits per heavy atom. The van der Waals surface area contributed by atoms with E-state index in [1.54, 1.807) is 10.9 Å². The number of hydrogen-bond donors (Lipinski definition) is 4. The average Bonchev–Trinajstić information content (AvgIpc) is 3.29. The van der Waals surface area contributed by atoms with E-state index in [-0.39, 0.29) is 17.1 Å². The number of aliphatic hydroxyl groups excluding tert-OH is 2. The van der Waals surface area contributed by atoms with Crippen molar-refractivity contribution in [3.63, 3.8) is 0 Å². The number of nitrogens with one attached hydrogen (secondary N) is 2. The van der Waals surface area contributed by atoms with Gasteiger partial charge in [-0.1, -0.05) is 29.8 Å². The molecule has 0 bridgehead atoms. The molecule has 10 heteroatoms. The normalized spacial score (nSPS) is 29.1. The summed E-state index contributed by atoms with van der Waals surface area (Å²) < 4.78 is 1.71. The highest BCUT2D eigenvalue weighted by Gasteiger charge is 2.75. The van der Waals surface area contributed by atoms with Crippen LogP contribution in [0.1, 0.15) is 23.6 Å². The number of aromatic nitrogens is 4. The fraction of sp³-hybridized carbons (Fsp3) is 0.429. The lowest BCUT2D eigenvalue weighted by Crippen LogP contribution is -2.41. The smallest absolute Gasteiger partial charge is 0.229 e. The number of carbonyl (C=O) groups excluding carboxylic acids is 1. The van der Waals surface area contributed by atoms with Crippen molar-refractivity contribution in [3.8, 4) is 0 Å². The van der Waals surface area contributed by atoms with Crippen LogP contribution in [-0.4, -0.2) is 54.9 Å². The van der Waals surface area contributed by atoms with E-state index in [2.05, 4.69) is 31.7 Å². The Kier molecular flexibility index (Phi) is 4.65. The molecule has 1 amide bonds. The van der Waals surface area contributed by atoms with Crippen LogP contribution >= 0.6 is 11.6 Å². The number of halogens is 1. The van der Waals surface area contributed by atoms with Crippen LogP contribution < -0.4 is 10.6 Å². The van der Waals surface area contributed by atoms with E-state index >= 15 is 0 Å². The van der Waals surface area contributed by atoms with E-state index in [0.717, 1.165) is 11.1 Å². The summed E-state index contributed by atoms with van der Waals surface area (Å²) in [5.74, 6) is 0.00749. The highest BCUT2D eigenvalue weighted by atomic mass is 35.5. The Morgan fingerprint density at radius 3 is 2.90 bits per heavy atom. The Hall–Kier alpha value is -2.75. The van der Waals surface area contributed by atoms with Gasteiger partial charge in [-0.25, -0.2) is 4.98 Å². The number of anilines is 1. The molecule has 2 fully saturated rings. The Labute approximate surface area is 183 Å². The summed E-state index contributed by atoms with van der Waals surface area (Å²) in [6.45, 7) is 2.56. The van der Waals surface area contributed by atoms with Crippen molar-refractivity contribution in [2.24, 2.45) is 11.3 Å². The van der Waals surface area contributed by atoms with Gasteiger partial charge in [-0.05, 0) is 30.5 Å². The molecule has 2 aliphatic rings. The lowest BCUT2D eigenvalue weighted by Gasteiger charge is -2.23. The molecule has 0 unspecified atom stereocenters. The van der Waals surface area contributed by atoms with Gasteiger partial charge in [-0.15, -0.1) is 0 Å². The number of aryl methyl sites for hydroxylation is 1. The van der Waals surface area contributed by atoms with Crippen LogP contribution in [-0.2, 0) is 11.3 Å². The number of benzene rings is 1. The summed E-state index contributed by atoms with van der Waals surface area (Å²) in [4.78, 5) is 25.5. The molecule has 5 atom stereocenters. The van der Waals surface area contributed by atoms with E-state index in [1.165, 1.54) is 7.05 Å². The second kappa shape index (κ2) is 7.15. The minimum atomic E-state index is -1.16. The Balaban J connectivity index is 1.49. The second-order valence-electron chi connectivity index (χ2n) is 8.36. The van der Waals surface area contributed by atoms with Crippen LogP contribution in [0.4, 0.5) is 5.82 Å². The topological polar surface area (TPSA) is 125 Å². The van der Waals surface area contributed by atoms with Gasteiger partial charge < -0.3 is 25.4 Å². The van der Waals surface area contributed by atoms with E-state index in [4.69, 9.17) is 11.6 Å². The summed E-state index contributed by atoms with van der Waals surface area (Å²) in [5.41, 5.74) is 2.23. The van der Waals surface area contributed by atoms with Crippen molar-refractivity contribution in [1.29, 1.82) is 0 Å². The molecule has 0 saturated heterocycles. The van der Waals surface area contributed by atoms with Crippen LogP contribution in [0, 0.1) is 18.3 Å². The largest absolute Gasteiger partial charge is 0.389 e. The molecule has 2 saturated carbocycles. The predicted molar refractivity (Wildman–Crippen MR) is 114 cm³/mol. The number of aliphatic hydroxyl groups is 2. The molecule has 4 N–H and O–H groups in total. The summed E-state index contributed by atoms with van der Waals surface area (Å²) in [6.07, 6.45) is -0.221. The van der Waals surface area contributed by atoms with E-state index in [1.807, 2.05) is 25.1 Å². The molecule has 162 valence electrons. The van der Waals surface area contributed by atoms with Crippen LogP contribution in [0.15, 0.2) is 30.6 Å². The molecular weight excluding hydrogens is 420 g/mol. The van der Waals surface area contributed by atoms with Crippen molar-refractivity contribution in [3.05, 3.63) is 47.0 Å². The lowest BCUT2D eigenvalue weighted by atomic mass is 9.98. The number of carbonyl (C=O) groups is 1. The fourth-order valence-electron chi connectivity index (χ4n) is 5.03. The average molecular weight is 443 g/mol. The number of amides is 1. The molecule has 2 heterocycles. The van der Waals surface area contributed by atoms with Gasteiger partial charge in [0.1, 0.15) is 6.10 Å². The van der Waals surface area contributed by atoms with Gasteiger partial charge in [0.15, 0.2) is 17.0 Å². The maximum Gasteiger partial charge on any atom is 0.229 e. The molecule has 9 nitrogen and oxygen atoms in total. The monoisotopic (exact) mass is 442 g/mol. The summed E-state index contributed by atoms with van der Waals surface area (Å²) in [5, 5.41) is 27.3. The standard InChI is InChI=1S/C21H23ClN6O3/c1-10-4-3-5-11(6-10)8-24-17-13-18(27-20(22)26-17)28(9-25-13)14-12-7-21(12,19(31)23-2)16(30)15(14)29/h3-6,9,12,14-16,29-30H,7-8H2,1-2H3,(H,23,31)(H,24,26,27)/t12-,14+,15+,16+,21+/m1/s1. The zero-order valence-corrected chi connectivity index (χ0v) is 17.8. The third kappa shape index (κ3) is 2.99.